The van der Waals surface area contributed by atoms with E-state index in [9.17, 15) is 11.1 Å². The van der Waals surface area contributed by atoms with E-state index in [1.807, 2.05) is 0 Å². The van der Waals surface area contributed by atoms with Gasteiger partial charge in [0.1, 0.15) is 5.57 Å². The van der Waals surface area contributed by atoms with Crippen molar-refractivity contribution in [3.8, 4) is 11.8 Å². The van der Waals surface area contributed by atoms with E-state index < -0.39 is 0 Å². The van der Waals surface area contributed by atoms with Crippen molar-refractivity contribution in [1.82, 2.24) is 0 Å². The quantitative estimate of drug-likeness (QED) is 0.0187. The average Bonchev–Trinajstić information content (AvgIpc) is 1.99. The molecule has 0 radical (unpaired) electrons. The molecule has 0 fully saturated rings. The summed E-state index contributed by atoms with van der Waals surface area (Å²) in [6, 6.07) is 35.5. The normalized spacial score (nSPS) is 13.1. The zero-order chi connectivity index (χ0) is 59.9. The molecule has 2 heterocycles. The topological polar surface area (TPSA) is 50.6 Å². The van der Waals surface area contributed by atoms with E-state index in [0.717, 1.165) is 96.4 Å². The van der Waals surface area contributed by atoms with Crippen molar-refractivity contribution < 1.29 is 38.5 Å². The fourth-order valence-corrected chi connectivity index (χ4v) is 11.8. The summed E-state index contributed by atoms with van der Waals surface area (Å²) < 4.78 is 3.00. The van der Waals surface area contributed by atoms with E-state index in [4.69, 9.17) is 20.4 Å². The van der Waals surface area contributed by atoms with Gasteiger partial charge in [-0.2, -0.15) is 0 Å². The maximum absolute atomic E-state index is 12.0. The molecule has 0 bridgehead atoms. The van der Waals surface area contributed by atoms with Crippen molar-refractivity contribution in [2.75, 3.05) is 0 Å². The molecular formula is C76H108Cl2N4Ni2. The van der Waals surface area contributed by atoms with Gasteiger partial charge in [0.05, 0.1) is 0 Å². The van der Waals surface area contributed by atoms with Crippen LogP contribution in [0, 0.1) is 11.8 Å². The molecule has 0 atom stereocenters. The molecule has 0 unspecified atom stereocenters. The number of allylic oxidation sites excluding steroid dienone is 4. The Morgan fingerprint density at radius 2 is 0.643 bits per heavy atom. The predicted octanol–water partition coefficient (Wildman–Crippen LogP) is 25.1. The van der Waals surface area contributed by atoms with E-state index in [2.05, 4.69) is 164 Å². The minimum absolute atomic E-state index is 0. The smallest absolute Gasteiger partial charge is 0 e. The fourth-order valence-electron chi connectivity index (χ4n) is 11.8. The molecule has 0 amide bonds. The molecule has 2 aliphatic rings. The zero-order valence-corrected chi connectivity index (χ0v) is 56.9. The first kappa shape index (κ1) is 74.4. The first-order chi connectivity index (χ1) is 40.7. The number of hydrogen-bond acceptors (Lipinski definition) is 0. The Hall–Kier alpha value is -3.83. The van der Waals surface area contributed by atoms with Crippen LogP contribution in [0.4, 0.5) is 0 Å². The van der Waals surface area contributed by atoms with E-state index in [0.29, 0.717) is 12.7 Å². The number of halogens is 2. The van der Waals surface area contributed by atoms with Crippen molar-refractivity contribution in [3.63, 3.8) is 0 Å². The second-order valence-electron chi connectivity index (χ2n) is 23.4. The van der Waals surface area contributed by atoms with Gasteiger partial charge in [-0.15, -0.1) is 0 Å². The predicted molar refractivity (Wildman–Crippen MR) is 359 cm³/mol. The average molecular weight is 1270 g/mol. The first-order valence-corrected chi connectivity index (χ1v) is 36.0. The van der Waals surface area contributed by atoms with E-state index in [1.54, 1.807) is 4.70 Å². The van der Waals surface area contributed by atoms with Gasteiger partial charge >= 0.3 is 33.0 Å². The van der Waals surface area contributed by atoms with Gasteiger partial charge in [0, 0.05) is 61.9 Å². The maximum atomic E-state index is 12.0. The Labute approximate surface area is 538 Å². The Morgan fingerprint density at radius 1 is 0.369 bits per heavy atom. The van der Waals surface area contributed by atoms with Gasteiger partial charge in [-0.3, -0.25) is 0 Å². The Morgan fingerprint density at radius 3 is 1.02 bits per heavy atom. The molecular weight excluding hydrogens is 1160 g/mol. The fraction of sp³-hybridized carbons (Fsp3) is 0.553. The van der Waals surface area contributed by atoms with Crippen LogP contribution in [0.2, 0.25) is 0 Å². The zero-order valence-electron chi connectivity index (χ0n) is 53.5. The van der Waals surface area contributed by atoms with Gasteiger partial charge < -0.3 is 11.1 Å². The summed E-state index contributed by atoms with van der Waals surface area (Å²) in [7, 11) is 9.40. The van der Waals surface area contributed by atoms with E-state index in [1.165, 1.54) is 216 Å². The number of aryl methyl sites for hydroxylation is 4. The molecule has 4 aromatic carbocycles. The maximum Gasteiger partial charge on any atom is 0 e. The van der Waals surface area contributed by atoms with Crippen LogP contribution in [0.25, 0.3) is 33.9 Å². The second-order valence-corrected chi connectivity index (χ2v) is 25.1. The van der Waals surface area contributed by atoms with Crippen LogP contribution < -0.4 is 0 Å². The van der Waals surface area contributed by atoms with Crippen molar-refractivity contribution in [2.24, 2.45) is 0 Å². The molecule has 0 N–H and O–H groups in total. The van der Waals surface area contributed by atoms with Crippen molar-refractivity contribution >= 4 is 43.2 Å². The number of hydrogen-bond donors (Lipinski definition) is 0. The molecule has 0 aliphatic carbocycles. The van der Waals surface area contributed by atoms with Gasteiger partial charge in [-0.1, -0.05) is 237 Å². The SMILES string of the molecule is CCCCCCC1=C(c2cccc(CCCCCC)c2)[N+](=[N-])C(c2cccc(CCCCCC)c2)=C1CCCCC.CCCCCCCCC#CC1=C(c2cccc(CCCCC)c2)[N+](=[N-])C(c2cccc(CCCCC)c2)=C1C.[Cl][Ni][Cl].[Ni]. The van der Waals surface area contributed by atoms with Gasteiger partial charge in [0.15, 0.2) is 0 Å². The summed E-state index contributed by atoms with van der Waals surface area (Å²) in [5.74, 6) is 6.97. The van der Waals surface area contributed by atoms with Gasteiger partial charge in [-0.25, -0.2) is 9.39 Å². The monoisotopic (exact) mass is 1260 g/mol. The molecule has 466 valence electrons. The third-order valence-corrected chi connectivity index (χ3v) is 16.5. The summed E-state index contributed by atoms with van der Waals surface area (Å²) in [5.41, 5.74) is 42.1. The van der Waals surface area contributed by atoms with E-state index in [-0.39, 0.29) is 16.5 Å². The van der Waals surface area contributed by atoms with Crippen molar-refractivity contribution in [2.45, 2.75) is 274 Å². The molecule has 0 aromatic heterocycles. The largest absolute Gasteiger partial charge is 0 e. The third-order valence-electron chi connectivity index (χ3n) is 16.5. The summed E-state index contributed by atoms with van der Waals surface area (Å²) >= 11 is 0.569. The summed E-state index contributed by atoms with van der Waals surface area (Å²) in [4.78, 5) is 0. The van der Waals surface area contributed by atoms with E-state index >= 15 is 0 Å². The molecule has 0 saturated heterocycles. The molecule has 0 saturated carbocycles. The molecule has 4 aromatic rings. The van der Waals surface area contributed by atoms with Crippen LogP contribution in [-0.2, 0) is 54.8 Å². The summed E-state index contributed by atoms with van der Waals surface area (Å²) in [5, 5.41) is 0. The first-order valence-electron chi connectivity index (χ1n) is 33.2. The van der Waals surface area contributed by atoms with Crippen LogP contribution in [-0.4, -0.2) is 9.39 Å². The number of nitrogens with zero attached hydrogens (tertiary/aromatic N) is 4. The van der Waals surface area contributed by atoms with Gasteiger partial charge in [0.2, 0.25) is 22.8 Å². The number of benzene rings is 4. The summed E-state index contributed by atoms with van der Waals surface area (Å²) in [6.45, 7) is 18.0. The third kappa shape index (κ3) is 25.5. The second kappa shape index (κ2) is 45.4. The van der Waals surface area contributed by atoms with Crippen LogP contribution in [0.1, 0.15) is 293 Å². The Balaban J connectivity index is 0.000000416. The molecule has 6 rings (SSSR count). The van der Waals surface area contributed by atoms with Crippen molar-refractivity contribution in [1.29, 1.82) is 0 Å². The van der Waals surface area contributed by atoms with Crippen LogP contribution in [0.5, 0.6) is 0 Å². The molecule has 2 aliphatic heterocycles. The molecule has 0 spiro atoms. The Kier molecular flexibility index (Phi) is 40.3. The Bertz CT molecular complexity index is 2750. The minimum Gasteiger partial charge on any atom is 0 e. The van der Waals surface area contributed by atoms with Crippen LogP contribution in [0.3, 0.4) is 0 Å². The molecule has 4 nitrogen and oxygen atoms in total. The van der Waals surface area contributed by atoms with Crippen LogP contribution >= 0.6 is 20.4 Å². The van der Waals surface area contributed by atoms with Crippen molar-refractivity contribution in [3.05, 3.63) is 175 Å². The van der Waals surface area contributed by atoms with Gasteiger partial charge in [0.25, 0.3) is 0 Å². The summed E-state index contributed by atoms with van der Waals surface area (Å²) in [6.07, 6.45) is 41.1. The van der Waals surface area contributed by atoms with Crippen LogP contribution in [0.15, 0.2) is 119 Å². The van der Waals surface area contributed by atoms with Gasteiger partial charge in [-0.05, 0) is 161 Å². The number of rotatable bonds is 37. The standard InChI is InChI=1S/C39H58N2.C37H50N2.2ClH.2Ni/c1-5-9-13-17-22-32-24-20-26-34(30-32)38-36(28-16-12-8-4)37(29-19-15-11-7-3)39(41(38)40)35-27-21-25-33(31-35)23-18-14-10-6-2;1-5-8-11-12-13-14-15-18-27-35-30(4)36(33-25-19-23-31(28-33)21-16-9-6-2)39(38)37(35)34-26-20-24-32(29-34)22-17-10-7-3;;;;/h20-21,24-27,30-31H,5-19,22-23,28-29H2,1-4H3;19-20,23-26,28-29H,5-17,21-22H2,1-4H3;2*1H;;/q;;;;;+2/p-2. The minimum atomic E-state index is 0. The number of unbranched alkanes of at least 4 members (excludes halogenated alkanes) is 21. The molecule has 8 heteroatoms. The molecule has 84 heavy (non-hydrogen) atoms.